The highest BCUT2D eigenvalue weighted by Crippen LogP contribution is 2.24. The van der Waals surface area contributed by atoms with Gasteiger partial charge in [-0.1, -0.05) is 0 Å². The molecule has 4 nitrogen and oxygen atoms in total. The van der Waals surface area contributed by atoms with Crippen molar-refractivity contribution >= 4 is 41.1 Å². The molecule has 0 fully saturated rings. The molecule has 1 aromatic heterocycles. The summed E-state index contributed by atoms with van der Waals surface area (Å²) in [5, 5.41) is 10.5. The van der Waals surface area contributed by atoms with Crippen molar-refractivity contribution in [3.05, 3.63) is 28.0 Å². The number of carboxylic acid groups (broad SMARTS) is 1. The maximum atomic E-state index is 10.9. The first kappa shape index (κ1) is 14.8. The molecule has 0 amide bonds. The van der Waals surface area contributed by atoms with Crippen molar-refractivity contribution in [2.24, 2.45) is 0 Å². The number of carboxylic acids is 1. The number of rotatable bonds is 7. The van der Waals surface area contributed by atoms with Gasteiger partial charge in [-0.2, -0.15) is 11.8 Å². The van der Waals surface area contributed by atoms with Gasteiger partial charge in [-0.15, -0.1) is 11.3 Å². The van der Waals surface area contributed by atoms with Crippen LogP contribution in [0.3, 0.4) is 0 Å². The average Bonchev–Trinajstić information content (AvgIpc) is 2.79. The average molecular weight is 286 g/mol. The van der Waals surface area contributed by atoms with Gasteiger partial charge >= 0.3 is 11.9 Å². The third kappa shape index (κ3) is 5.37. The van der Waals surface area contributed by atoms with Crippen LogP contribution in [0.2, 0.25) is 0 Å². The molecule has 0 aliphatic rings. The number of aliphatic carboxylic acids is 1. The Morgan fingerprint density at radius 2 is 2.33 bits per heavy atom. The second kappa shape index (κ2) is 7.94. The molecule has 1 N–H and O–H groups in total. The van der Waals surface area contributed by atoms with E-state index in [2.05, 4.69) is 4.74 Å². The lowest BCUT2D eigenvalue weighted by atomic mass is 10.2. The molecule has 1 heterocycles. The van der Waals surface area contributed by atoms with E-state index in [4.69, 9.17) is 5.11 Å². The van der Waals surface area contributed by atoms with E-state index in [1.54, 1.807) is 29.2 Å². The minimum absolute atomic E-state index is 0.209. The van der Waals surface area contributed by atoms with Crippen LogP contribution in [0.1, 0.15) is 16.9 Å². The molecule has 1 aromatic rings. The fourth-order valence-corrected chi connectivity index (χ4v) is 3.18. The SMILES string of the molecule is COC(=O)CCSCc1sccc1C=CC(=O)O. The summed E-state index contributed by atoms with van der Waals surface area (Å²) in [4.78, 5) is 22.5. The molecule has 0 saturated heterocycles. The lowest BCUT2D eigenvalue weighted by Crippen LogP contribution is -2.01. The van der Waals surface area contributed by atoms with E-state index in [0.717, 1.165) is 22.3 Å². The van der Waals surface area contributed by atoms with Crippen LogP contribution in [0, 0.1) is 0 Å². The maximum Gasteiger partial charge on any atom is 0.328 e. The molecule has 18 heavy (non-hydrogen) atoms. The van der Waals surface area contributed by atoms with Gasteiger partial charge in [-0.25, -0.2) is 4.79 Å². The Morgan fingerprint density at radius 3 is 3.00 bits per heavy atom. The summed E-state index contributed by atoms with van der Waals surface area (Å²) in [6.07, 6.45) is 3.12. The molecule has 0 aromatic carbocycles. The maximum absolute atomic E-state index is 10.9. The Bertz CT molecular complexity index is 437. The largest absolute Gasteiger partial charge is 0.478 e. The smallest absolute Gasteiger partial charge is 0.328 e. The van der Waals surface area contributed by atoms with Gasteiger partial charge in [0.15, 0.2) is 0 Å². The van der Waals surface area contributed by atoms with Gasteiger partial charge in [0, 0.05) is 22.5 Å². The predicted octanol–water partition coefficient (Wildman–Crippen LogP) is 2.64. The fraction of sp³-hybridized carbons (Fsp3) is 0.333. The number of carbonyl (C=O) groups excluding carboxylic acids is 1. The lowest BCUT2D eigenvalue weighted by Gasteiger charge is -2.00. The van der Waals surface area contributed by atoms with Crippen LogP contribution in [-0.4, -0.2) is 29.9 Å². The summed E-state index contributed by atoms with van der Waals surface area (Å²) in [5.74, 6) is 0.311. The van der Waals surface area contributed by atoms with Gasteiger partial charge in [-0.3, -0.25) is 4.79 Å². The molecule has 0 spiro atoms. The van der Waals surface area contributed by atoms with Crippen molar-refractivity contribution in [3.8, 4) is 0 Å². The molecule has 6 heteroatoms. The van der Waals surface area contributed by atoms with Gasteiger partial charge in [0.1, 0.15) is 0 Å². The van der Waals surface area contributed by atoms with E-state index in [1.165, 1.54) is 7.11 Å². The quantitative estimate of drug-likeness (QED) is 0.474. The highest BCUT2D eigenvalue weighted by atomic mass is 32.2. The molecule has 0 unspecified atom stereocenters. The predicted molar refractivity (Wildman–Crippen MR) is 73.8 cm³/mol. The van der Waals surface area contributed by atoms with Crippen molar-refractivity contribution in [3.63, 3.8) is 0 Å². The zero-order valence-corrected chi connectivity index (χ0v) is 11.6. The van der Waals surface area contributed by atoms with E-state index < -0.39 is 5.97 Å². The molecule has 0 saturated carbocycles. The van der Waals surface area contributed by atoms with Crippen molar-refractivity contribution in [1.29, 1.82) is 0 Å². The van der Waals surface area contributed by atoms with Crippen LogP contribution in [0.15, 0.2) is 17.5 Å². The van der Waals surface area contributed by atoms with Gasteiger partial charge in [0.25, 0.3) is 0 Å². The van der Waals surface area contributed by atoms with Crippen molar-refractivity contribution < 1.29 is 19.4 Å². The molecular formula is C12H14O4S2. The molecule has 0 aliphatic heterocycles. The Morgan fingerprint density at radius 1 is 1.56 bits per heavy atom. The molecule has 0 atom stereocenters. The van der Waals surface area contributed by atoms with Crippen LogP contribution >= 0.6 is 23.1 Å². The van der Waals surface area contributed by atoms with Gasteiger partial charge in [0.2, 0.25) is 0 Å². The zero-order chi connectivity index (χ0) is 13.4. The molecule has 1 rings (SSSR count). The standard InChI is InChI=1S/C12H14O4S2/c1-16-12(15)5-6-17-8-10-9(4-7-18-10)2-3-11(13)14/h2-4,7H,5-6,8H2,1H3,(H,13,14). The molecule has 0 bridgehead atoms. The molecule has 0 radical (unpaired) electrons. The normalized spacial score (nSPS) is 10.7. The number of ether oxygens (including phenoxy) is 1. The number of hydrogen-bond donors (Lipinski definition) is 1. The second-order valence-corrected chi connectivity index (χ2v) is 5.46. The Kier molecular flexibility index (Phi) is 6.53. The number of esters is 1. The van der Waals surface area contributed by atoms with Gasteiger partial charge in [-0.05, 0) is 23.1 Å². The summed E-state index contributed by atoms with van der Waals surface area (Å²) in [6.45, 7) is 0. The Hall–Kier alpha value is -1.27. The Labute approximate surface area is 114 Å². The van der Waals surface area contributed by atoms with Gasteiger partial charge < -0.3 is 9.84 Å². The van der Waals surface area contributed by atoms with Crippen LogP contribution < -0.4 is 0 Å². The first-order valence-corrected chi connectivity index (χ1v) is 7.29. The first-order chi connectivity index (χ1) is 8.63. The number of thiophene rings is 1. The number of methoxy groups -OCH3 is 1. The summed E-state index contributed by atoms with van der Waals surface area (Å²) >= 11 is 3.22. The van der Waals surface area contributed by atoms with E-state index >= 15 is 0 Å². The minimum Gasteiger partial charge on any atom is -0.478 e. The lowest BCUT2D eigenvalue weighted by molar-refractivity contribution is -0.140. The third-order valence-electron chi connectivity index (χ3n) is 2.10. The monoisotopic (exact) mass is 286 g/mol. The van der Waals surface area contributed by atoms with Crippen molar-refractivity contribution in [2.45, 2.75) is 12.2 Å². The van der Waals surface area contributed by atoms with E-state index in [9.17, 15) is 9.59 Å². The van der Waals surface area contributed by atoms with Crippen molar-refractivity contribution in [2.75, 3.05) is 12.9 Å². The van der Waals surface area contributed by atoms with E-state index in [0.29, 0.717) is 12.2 Å². The summed E-state index contributed by atoms with van der Waals surface area (Å²) in [7, 11) is 1.38. The number of carbonyl (C=O) groups is 2. The topological polar surface area (TPSA) is 63.6 Å². The summed E-state index contributed by atoms with van der Waals surface area (Å²) in [5.41, 5.74) is 0.924. The highest BCUT2D eigenvalue weighted by molar-refractivity contribution is 7.98. The van der Waals surface area contributed by atoms with Crippen molar-refractivity contribution in [1.82, 2.24) is 0 Å². The van der Waals surface area contributed by atoms with Gasteiger partial charge in [0.05, 0.1) is 13.5 Å². The Balaban J connectivity index is 2.41. The van der Waals surface area contributed by atoms with E-state index in [-0.39, 0.29) is 5.97 Å². The molecular weight excluding hydrogens is 272 g/mol. The van der Waals surface area contributed by atoms with E-state index in [1.807, 2.05) is 11.4 Å². The number of hydrogen-bond acceptors (Lipinski definition) is 5. The van der Waals surface area contributed by atoms with Crippen LogP contribution in [0.25, 0.3) is 6.08 Å². The van der Waals surface area contributed by atoms with Crippen LogP contribution in [0.5, 0.6) is 0 Å². The first-order valence-electron chi connectivity index (χ1n) is 5.25. The highest BCUT2D eigenvalue weighted by Gasteiger charge is 2.04. The van der Waals surface area contributed by atoms with Crippen LogP contribution in [-0.2, 0) is 20.1 Å². The fourth-order valence-electron chi connectivity index (χ4n) is 1.20. The molecule has 0 aliphatic carbocycles. The third-order valence-corrected chi connectivity index (χ3v) is 4.20. The second-order valence-electron chi connectivity index (χ2n) is 3.35. The minimum atomic E-state index is -0.953. The van der Waals surface area contributed by atoms with Crippen LogP contribution in [0.4, 0.5) is 0 Å². The zero-order valence-electron chi connectivity index (χ0n) is 9.92. The summed E-state index contributed by atoms with van der Waals surface area (Å²) < 4.78 is 4.55. The molecule has 98 valence electrons. The number of thioether (sulfide) groups is 1. The summed E-state index contributed by atoms with van der Waals surface area (Å²) in [6, 6.07) is 1.89.